The van der Waals surface area contributed by atoms with E-state index in [0.717, 1.165) is 10.5 Å². The van der Waals surface area contributed by atoms with Gasteiger partial charge in [0, 0.05) is 6.54 Å². The number of rotatable bonds is 8. The number of fused-ring (bicyclic) bond motifs is 1. The molecule has 2 aromatic carbocycles. The number of hydrogen-bond acceptors (Lipinski definition) is 4. The first-order chi connectivity index (χ1) is 14.0. The zero-order valence-corrected chi connectivity index (χ0v) is 16.1. The fourth-order valence-corrected chi connectivity index (χ4v) is 3.32. The third-order valence-electron chi connectivity index (χ3n) is 4.81. The summed E-state index contributed by atoms with van der Waals surface area (Å²) in [6.45, 7) is 1.66. The maximum absolute atomic E-state index is 14.9. The predicted molar refractivity (Wildman–Crippen MR) is 105 cm³/mol. The van der Waals surface area contributed by atoms with Gasteiger partial charge in [0.1, 0.15) is 12.8 Å². The average molecular weight is 398 g/mol. The summed E-state index contributed by atoms with van der Waals surface area (Å²) in [5, 5.41) is 2.49. The number of benzene rings is 2. The van der Waals surface area contributed by atoms with Crippen LogP contribution in [0.25, 0.3) is 0 Å². The Morgan fingerprint density at radius 1 is 1.03 bits per heavy atom. The summed E-state index contributed by atoms with van der Waals surface area (Å²) in [5.41, 5.74) is 1.31. The van der Waals surface area contributed by atoms with Gasteiger partial charge in [0.05, 0.1) is 17.2 Å². The van der Waals surface area contributed by atoms with Gasteiger partial charge in [-0.3, -0.25) is 14.5 Å². The smallest absolute Gasteiger partial charge is 0.407 e. The maximum atomic E-state index is 14.9. The molecule has 7 heteroatoms. The second kappa shape index (κ2) is 9.32. The Labute approximate surface area is 168 Å². The highest BCUT2D eigenvalue weighted by Gasteiger charge is 2.42. The number of ether oxygens (including phenoxy) is 1. The van der Waals surface area contributed by atoms with E-state index < -0.39 is 30.1 Å². The number of amides is 3. The molecule has 1 N–H and O–H groups in total. The first kappa shape index (κ1) is 20.5. The molecule has 2 atom stereocenters. The summed E-state index contributed by atoms with van der Waals surface area (Å²) in [4.78, 5) is 38.4. The Balaban J connectivity index is 1.67. The zero-order valence-electron chi connectivity index (χ0n) is 16.1. The van der Waals surface area contributed by atoms with Gasteiger partial charge in [-0.15, -0.1) is 0 Å². The number of carbonyl (C=O) groups excluding carboxylic acids is 3. The molecular formula is C22H23FN2O4. The van der Waals surface area contributed by atoms with Crippen LogP contribution in [-0.2, 0) is 11.3 Å². The summed E-state index contributed by atoms with van der Waals surface area (Å²) < 4.78 is 20.0. The molecule has 0 saturated carbocycles. The van der Waals surface area contributed by atoms with Crippen LogP contribution < -0.4 is 5.32 Å². The van der Waals surface area contributed by atoms with Gasteiger partial charge in [-0.05, 0) is 24.1 Å². The van der Waals surface area contributed by atoms with Crippen molar-refractivity contribution in [1.82, 2.24) is 10.2 Å². The molecule has 0 unspecified atom stereocenters. The number of nitrogens with zero attached hydrogens (tertiary/aromatic N) is 1. The molecule has 1 aliphatic heterocycles. The molecule has 29 heavy (non-hydrogen) atoms. The van der Waals surface area contributed by atoms with Crippen LogP contribution in [0.4, 0.5) is 9.18 Å². The van der Waals surface area contributed by atoms with E-state index in [2.05, 4.69) is 5.32 Å². The summed E-state index contributed by atoms with van der Waals surface area (Å²) in [5.74, 6) is -1.09. The molecule has 1 aliphatic rings. The monoisotopic (exact) mass is 398 g/mol. The van der Waals surface area contributed by atoms with Gasteiger partial charge >= 0.3 is 6.09 Å². The first-order valence-electron chi connectivity index (χ1n) is 9.58. The van der Waals surface area contributed by atoms with Crippen molar-refractivity contribution in [2.24, 2.45) is 0 Å². The highest BCUT2D eigenvalue weighted by atomic mass is 19.1. The molecule has 0 bridgehead atoms. The molecule has 0 saturated heterocycles. The molecule has 1 heterocycles. The van der Waals surface area contributed by atoms with E-state index in [4.69, 9.17) is 4.74 Å². The topological polar surface area (TPSA) is 75.7 Å². The molecule has 0 spiro atoms. The first-order valence-corrected chi connectivity index (χ1v) is 9.58. The molecule has 0 radical (unpaired) electrons. The Morgan fingerprint density at radius 3 is 2.21 bits per heavy atom. The van der Waals surface area contributed by atoms with Gasteiger partial charge in [0.2, 0.25) is 0 Å². The minimum absolute atomic E-state index is 0.0678. The van der Waals surface area contributed by atoms with Gasteiger partial charge in [-0.2, -0.15) is 0 Å². The SMILES string of the molecule is CCC[C@H](F)[C@@H](CNC(=O)OCc1ccccc1)N1C(=O)c2ccccc2C1=O. The standard InChI is InChI=1S/C22H23FN2O4/c1-2-8-18(23)19(13-24-22(28)29-14-15-9-4-3-5-10-15)25-20(26)16-11-6-7-12-17(16)21(25)27/h3-7,9-12,18-19H,2,8,13-14H2,1H3,(H,24,28)/t18-,19+/m0/s1. The lowest BCUT2D eigenvalue weighted by molar-refractivity contribution is 0.0470. The lowest BCUT2D eigenvalue weighted by atomic mass is 10.1. The predicted octanol–water partition coefficient (Wildman–Crippen LogP) is 3.72. The molecule has 2 aromatic rings. The van der Waals surface area contributed by atoms with Crippen molar-refractivity contribution < 1.29 is 23.5 Å². The van der Waals surface area contributed by atoms with Gasteiger partial charge in [-0.25, -0.2) is 9.18 Å². The van der Waals surface area contributed by atoms with E-state index in [1.807, 2.05) is 37.3 Å². The summed E-state index contributed by atoms with van der Waals surface area (Å²) >= 11 is 0. The van der Waals surface area contributed by atoms with E-state index in [1.165, 1.54) is 0 Å². The second-order valence-electron chi connectivity index (χ2n) is 6.84. The fourth-order valence-electron chi connectivity index (χ4n) is 3.32. The molecule has 0 aliphatic carbocycles. The van der Waals surface area contributed by atoms with Crippen LogP contribution in [0.3, 0.4) is 0 Å². The van der Waals surface area contributed by atoms with Crippen LogP contribution in [0.2, 0.25) is 0 Å². The van der Waals surface area contributed by atoms with Gasteiger partial charge in [0.25, 0.3) is 11.8 Å². The van der Waals surface area contributed by atoms with Gasteiger partial charge in [0.15, 0.2) is 0 Å². The van der Waals surface area contributed by atoms with Crippen molar-refractivity contribution in [2.45, 2.75) is 38.6 Å². The number of imide groups is 1. The number of carbonyl (C=O) groups is 3. The summed E-state index contributed by atoms with van der Waals surface area (Å²) in [7, 11) is 0. The van der Waals surface area contributed by atoms with Crippen LogP contribution >= 0.6 is 0 Å². The maximum Gasteiger partial charge on any atom is 0.407 e. The van der Waals surface area contributed by atoms with E-state index >= 15 is 0 Å². The van der Waals surface area contributed by atoms with Crippen molar-refractivity contribution in [1.29, 1.82) is 0 Å². The molecule has 0 fully saturated rings. The third kappa shape index (κ3) is 4.62. The lowest BCUT2D eigenvalue weighted by Gasteiger charge is -2.29. The number of nitrogens with one attached hydrogen (secondary N) is 1. The molecule has 3 rings (SSSR count). The number of alkyl carbamates (subject to hydrolysis) is 1. The fraction of sp³-hybridized carbons (Fsp3) is 0.318. The van der Waals surface area contributed by atoms with Gasteiger partial charge < -0.3 is 10.1 Å². The lowest BCUT2D eigenvalue weighted by Crippen LogP contribution is -2.51. The van der Waals surface area contributed by atoms with E-state index in [-0.39, 0.29) is 30.7 Å². The highest BCUT2D eigenvalue weighted by Crippen LogP contribution is 2.27. The van der Waals surface area contributed by atoms with Crippen LogP contribution in [0, 0.1) is 0 Å². The largest absolute Gasteiger partial charge is 0.445 e. The molecular weight excluding hydrogens is 375 g/mol. The van der Waals surface area contributed by atoms with Gasteiger partial charge in [-0.1, -0.05) is 55.8 Å². The second-order valence-corrected chi connectivity index (χ2v) is 6.84. The van der Waals surface area contributed by atoms with E-state index in [0.29, 0.717) is 6.42 Å². The van der Waals surface area contributed by atoms with Crippen molar-refractivity contribution in [2.75, 3.05) is 6.54 Å². The molecule has 152 valence electrons. The minimum Gasteiger partial charge on any atom is -0.445 e. The molecule has 0 aromatic heterocycles. The number of alkyl halides is 1. The molecule has 6 nitrogen and oxygen atoms in total. The Kier molecular flexibility index (Phi) is 6.59. The highest BCUT2D eigenvalue weighted by molar-refractivity contribution is 6.21. The van der Waals surface area contributed by atoms with Crippen LogP contribution in [0.15, 0.2) is 54.6 Å². The van der Waals surface area contributed by atoms with E-state index in [1.54, 1.807) is 24.3 Å². The van der Waals surface area contributed by atoms with Crippen LogP contribution in [-0.4, -0.2) is 41.6 Å². The third-order valence-corrected chi connectivity index (χ3v) is 4.81. The normalized spacial score (nSPS) is 15.0. The van der Waals surface area contributed by atoms with Crippen molar-refractivity contribution in [3.63, 3.8) is 0 Å². The number of halogens is 1. The quantitative estimate of drug-likeness (QED) is 0.688. The van der Waals surface area contributed by atoms with Crippen LogP contribution in [0.5, 0.6) is 0 Å². The van der Waals surface area contributed by atoms with E-state index in [9.17, 15) is 18.8 Å². The number of hydrogen-bond donors (Lipinski definition) is 1. The Morgan fingerprint density at radius 2 is 1.62 bits per heavy atom. The van der Waals surface area contributed by atoms with Crippen molar-refractivity contribution in [3.8, 4) is 0 Å². The average Bonchev–Trinajstić information content (AvgIpc) is 2.99. The van der Waals surface area contributed by atoms with Crippen molar-refractivity contribution >= 4 is 17.9 Å². The Hall–Kier alpha value is -3.22. The zero-order chi connectivity index (χ0) is 20.8. The van der Waals surface area contributed by atoms with Crippen LogP contribution in [0.1, 0.15) is 46.0 Å². The minimum atomic E-state index is -1.46. The summed E-state index contributed by atoms with van der Waals surface area (Å²) in [6, 6.07) is 14.4. The summed E-state index contributed by atoms with van der Waals surface area (Å²) in [6.07, 6.45) is -1.49. The van der Waals surface area contributed by atoms with Crippen molar-refractivity contribution in [3.05, 3.63) is 71.3 Å². The molecule has 3 amide bonds. The Bertz CT molecular complexity index is 852.